The minimum Gasteiger partial charge on any atom is -0.508 e. The van der Waals surface area contributed by atoms with Gasteiger partial charge >= 0.3 is 0 Å². The predicted octanol–water partition coefficient (Wildman–Crippen LogP) is 4.97. The lowest BCUT2D eigenvalue weighted by atomic mass is 9.93. The molecule has 2 nitrogen and oxygen atoms in total. The van der Waals surface area contributed by atoms with Crippen LogP contribution in [0.4, 0.5) is 0 Å². The number of aromatic hydroxyl groups is 1. The van der Waals surface area contributed by atoms with Gasteiger partial charge in [0, 0.05) is 6.07 Å². The molecule has 1 N–H and O–H groups in total. The van der Waals surface area contributed by atoms with Crippen LogP contribution in [0.5, 0.6) is 11.5 Å². The third-order valence-electron chi connectivity index (χ3n) is 4.13. The summed E-state index contributed by atoms with van der Waals surface area (Å²) in [7, 11) is 0. The van der Waals surface area contributed by atoms with E-state index in [0.29, 0.717) is 0 Å². The number of hydrogen-bond donors (Lipinski definition) is 1. The minimum atomic E-state index is 0.0658. The van der Waals surface area contributed by atoms with Gasteiger partial charge in [-0.2, -0.15) is 0 Å². The molecule has 0 unspecified atom stereocenters. The summed E-state index contributed by atoms with van der Waals surface area (Å²) in [5, 5.41) is 9.66. The zero-order chi connectivity index (χ0) is 15.5. The Kier molecular flexibility index (Phi) is 4.19. The molecule has 1 atom stereocenters. The van der Waals surface area contributed by atoms with E-state index >= 15 is 0 Å². The van der Waals surface area contributed by atoms with Gasteiger partial charge in [0.15, 0.2) is 0 Å². The second-order valence-corrected chi connectivity index (χ2v) is 6.12. The monoisotopic (exact) mass is 294 g/mol. The van der Waals surface area contributed by atoms with E-state index in [1.54, 1.807) is 12.1 Å². The summed E-state index contributed by atoms with van der Waals surface area (Å²) in [6, 6.07) is 13.9. The van der Waals surface area contributed by atoms with E-state index in [1.165, 1.54) is 22.3 Å². The van der Waals surface area contributed by atoms with Gasteiger partial charge in [-0.3, -0.25) is 0 Å². The molecule has 0 saturated heterocycles. The SMILES string of the molecule is CC(C)=CCc1ccccc1[C@H]1CCc2ccc(O)cc2O1. The van der Waals surface area contributed by atoms with Crippen molar-refractivity contribution in [1.29, 1.82) is 0 Å². The van der Waals surface area contributed by atoms with Gasteiger partial charge in [0.05, 0.1) is 0 Å². The molecule has 2 aromatic rings. The zero-order valence-corrected chi connectivity index (χ0v) is 13.2. The molecule has 0 radical (unpaired) electrons. The Bertz CT molecular complexity index is 697. The van der Waals surface area contributed by atoms with Crippen molar-refractivity contribution in [3.63, 3.8) is 0 Å². The first-order chi connectivity index (χ1) is 10.6. The van der Waals surface area contributed by atoms with Gasteiger partial charge in [-0.15, -0.1) is 0 Å². The van der Waals surface area contributed by atoms with Crippen molar-refractivity contribution in [2.45, 2.75) is 39.2 Å². The maximum absolute atomic E-state index is 9.66. The summed E-state index contributed by atoms with van der Waals surface area (Å²) in [5.74, 6) is 1.07. The lowest BCUT2D eigenvalue weighted by Gasteiger charge is -2.28. The summed E-state index contributed by atoms with van der Waals surface area (Å²) in [6.07, 6.45) is 5.21. The Hall–Kier alpha value is -2.22. The number of rotatable bonds is 3. The van der Waals surface area contributed by atoms with E-state index in [1.807, 2.05) is 6.07 Å². The Morgan fingerprint density at radius 3 is 2.86 bits per heavy atom. The first-order valence-corrected chi connectivity index (χ1v) is 7.83. The number of allylic oxidation sites excluding steroid dienone is 2. The summed E-state index contributed by atoms with van der Waals surface area (Å²) in [5.41, 5.74) is 5.08. The second kappa shape index (κ2) is 6.27. The number of hydrogen-bond acceptors (Lipinski definition) is 2. The van der Waals surface area contributed by atoms with Gasteiger partial charge < -0.3 is 9.84 Å². The van der Waals surface area contributed by atoms with Gasteiger partial charge in [0.2, 0.25) is 0 Å². The highest BCUT2D eigenvalue weighted by molar-refractivity contribution is 5.43. The highest BCUT2D eigenvalue weighted by Gasteiger charge is 2.23. The van der Waals surface area contributed by atoms with Gasteiger partial charge in [-0.05, 0) is 55.9 Å². The largest absolute Gasteiger partial charge is 0.508 e. The van der Waals surface area contributed by atoms with Gasteiger partial charge in [0.1, 0.15) is 17.6 Å². The maximum Gasteiger partial charge on any atom is 0.127 e. The molecule has 1 aliphatic heterocycles. The average Bonchev–Trinajstić information content (AvgIpc) is 2.52. The van der Waals surface area contributed by atoms with Crippen LogP contribution in [0, 0.1) is 0 Å². The van der Waals surface area contributed by atoms with Crippen molar-refractivity contribution < 1.29 is 9.84 Å². The van der Waals surface area contributed by atoms with Crippen LogP contribution in [0.2, 0.25) is 0 Å². The zero-order valence-electron chi connectivity index (χ0n) is 13.2. The Morgan fingerprint density at radius 2 is 2.05 bits per heavy atom. The van der Waals surface area contributed by atoms with Crippen LogP contribution < -0.4 is 4.74 Å². The summed E-state index contributed by atoms with van der Waals surface area (Å²) in [4.78, 5) is 0. The topological polar surface area (TPSA) is 29.5 Å². The molecule has 114 valence electrons. The van der Waals surface area contributed by atoms with Crippen LogP contribution in [0.15, 0.2) is 54.1 Å². The Labute approximate surface area is 132 Å². The molecular weight excluding hydrogens is 272 g/mol. The van der Waals surface area contributed by atoms with Crippen LogP contribution >= 0.6 is 0 Å². The Morgan fingerprint density at radius 1 is 1.23 bits per heavy atom. The van der Waals surface area contributed by atoms with Crippen LogP contribution in [0.1, 0.15) is 43.1 Å². The fourth-order valence-corrected chi connectivity index (χ4v) is 2.93. The Balaban J connectivity index is 1.88. The van der Waals surface area contributed by atoms with Crippen LogP contribution in [0.25, 0.3) is 0 Å². The van der Waals surface area contributed by atoms with E-state index in [-0.39, 0.29) is 11.9 Å². The van der Waals surface area contributed by atoms with Crippen molar-refractivity contribution >= 4 is 0 Å². The number of phenolic OH excluding ortho intramolecular Hbond substituents is 1. The second-order valence-electron chi connectivity index (χ2n) is 6.12. The fourth-order valence-electron chi connectivity index (χ4n) is 2.93. The van der Waals surface area contributed by atoms with E-state index < -0.39 is 0 Å². The van der Waals surface area contributed by atoms with E-state index in [2.05, 4.69) is 44.2 Å². The molecule has 0 amide bonds. The first-order valence-electron chi connectivity index (χ1n) is 7.83. The molecule has 0 aromatic heterocycles. The third kappa shape index (κ3) is 3.16. The summed E-state index contributed by atoms with van der Waals surface area (Å²) < 4.78 is 6.17. The highest BCUT2D eigenvalue weighted by atomic mass is 16.5. The molecule has 0 spiro atoms. The number of aryl methyl sites for hydroxylation is 1. The van der Waals surface area contributed by atoms with Crippen molar-refractivity contribution in [2.75, 3.05) is 0 Å². The molecule has 22 heavy (non-hydrogen) atoms. The van der Waals surface area contributed by atoms with Crippen molar-refractivity contribution in [3.05, 3.63) is 70.8 Å². The van der Waals surface area contributed by atoms with Crippen molar-refractivity contribution in [1.82, 2.24) is 0 Å². The van der Waals surface area contributed by atoms with Gasteiger partial charge in [-0.25, -0.2) is 0 Å². The van der Waals surface area contributed by atoms with E-state index in [0.717, 1.165) is 25.0 Å². The third-order valence-corrected chi connectivity index (χ3v) is 4.13. The van der Waals surface area contributed by atoms with Gasteiger partial charge in [0.25, 0.3) is 0 Å². The molecule has 0 bridgehead atoms. The smallest absolute Gasteiger partial charge is 0.127 e. The first kappa shape index (κ1) is 14.7. The molecule has 1 aliphatic rings. The van der Waals surface area contributed by atoms with E-state index in [4.69, 9.17) is 4.74 Å². The molecular formula is C20H22O2. The molecule has 2 aromatic carbocycles. The maximum atomic E-state index is 9.66. The minimum absolute atomic E-state index is 0.0658. The number of ether oxygens (including phenoxy) is 1. The predicted molar refractivity (Wildman–Crippen MR) is 89.4 cm³/mol. The molecule has 0 aliphatic carbocycles. The van der Waals surface area contributed by atoms with Crippen molar-refractivity contribution in [3.8, 4) is 11.5 Å². The fraction of sp³-hybridized carbons (Fsp3) is 0.300. The molecule has 3 rings (SSSR count). The summed E-state index contributed by atoms with van der Waals surface area (Å²) in [6.45, 7) is 4.25. The van der Waals surface area contributed by atoms with Gasteiger partial charge in [-0.1, -0.05) is 42.0 Å². The van der Waals surface area contributed by atoms with Crippen LogP contribution in [0.3, 0.4) is 0 Å². The molecule has 1 heterocycles. The standard InChI is InChI=1S/C20H22O2/c1-14(2)7-8-15-5-3-4-6-18(15)19-12-10-16-9-11-17(21)13-20(16)22-19/h3-7,9,11,13,19,21H,8,10,12H2,1-2H3/t19-/m1/s1. The van der Waals surface area contributed by atoms with Crippen LogP contribution in [-0.2, 0) is 12.8 Å². The number of benzene rings is 2. The average molecular weight is 294 g/mol. The van der Waals surface area contributed by atoms with Crippen LogP contribution in [-0.4, -0.2) is 5.11 Å². The lowest BCUT2D eigenvalue weighted by molar-refractivity contribution is 0.175. The molecule has 0 saturated carbocycles. The van der Waals surface area contributed by atoms with E-state index in [9.17, 15) is 5.11 Å². The number of phenols is 1. The molecule has 0 fully saturated rings. The van der Waals surface area contributed by atoms with Crippen molar-refractivity contribution in [2.24, 2.45) is 0 Å². The number of fused-ring (bicyclic) bond motifs is 1. The molecule has 2 heteroatoms. The normalized spacial score (nSPS) is 16.5. The lowest BCUT2D eigenvalue weighted by Crippen LogP contribution is -2.16. The summed E-state index contributed by atoms with van der Waals surface area (Å²) >= 11 is 0. The quantitative estimate of drug-likeness (QED) is 0.810. The highest BCUT2D eigenvalue weighted by Crippen LogP contribution is 2.37.